The van der Waals surface area contributed by atoms with E-state index in [1.807, 2.05) is 19.1 Å². The van der Waals surface area contributed by atoms with Gasteiger partial charge in [0.2, 0.25) is 5.91 Å². The minimum atomic E-state index is -1.07. The SMILES string of the molecule is C=CCn1c(CNC(=O)c2cccc(C)c2)nnc1SCC(=O)Nc1cccc(C(=O)O)c1. The molecule has 0 radical (unpaired) electrons. The Kier molecular flexibility index (Phi) is 7.98. The van der Waals surface area contributed by atoms with Gasteiger partial charge in [-0.15, -0.1) is 16.8 Å². The average Bonchev–Trinajstić information content (AvgIpc) is 3.18. The average molecular weight is 466 g/mol. The molecule has 9 nitrogen and oxygen atoms in total. The summed E-state index contributed by atoms with van der Waals surface area (Å²) >= 11 is 1.18. The molecule has 0 bridgehead atoms. The highest BCUT2D eigenvalue weighted by Crippen LogP contribution is 2.18. The van der Waals surface area contributed by atoms with E-state index in [4.69, 9.17) is 5.11 Å². The van der Waals surface area contributed by atoms with Crippen LogP contribution in [0, 0.1) is 6.92 Å². The van der Waals surface area contributed by atoms with Crippen LogP contribution >= 0.6 is 11.8 Å². The molecule has 0 atom stereocenters. The topological polar surface area (TPSA) is 126 Å². The van der Waals surface area contributed by atoms with E-state index in [2.05, 4.69) is 27.4 Å². The Bertz CT molecular complexity index is 1190. The van der Waals surface area contributed by atoms with Crippen LogP contribution < -0.4 is 10.6 Å². The number of carboxylic acid groups (broad SMARTS) is 1. The molecule has 3 aromatic rings. The predicted molar refractivity (Wildman–Crippen MR) is 125 cm³/mol. The summed E-state index contributed by atoms with van der Waals surface area (Å²) in [6.45, 7) is 6.24. The van der Waals surface area contributed by atoms with E-state index in [0.717, 1.165) is 5.56 Å². The first-order valence-corrected chi connectivity index (χ1v) is 11.0. The third-order valence-corrected chi connectivity index (χ3v) is 5.48. The maximum atomic E-state index is 12.4. The summed E-state index contributed by atoms with van der Waals surface area (Å²) < 4.78 is 1.77. The maximum Gasteiger partial charge on any atom is 0.335 e. The van der Waals surface area contributed by atoms with E-state index in [0.29, 0.717) is 28.8 Å². The summed E-state index contributed by atoms with van der Waals surface area (Å²) in [5.74, 6) is -1.02. The van der Waals surface area contributed by atoms with E-state index >= 15 is 0 Å². The zero-order valence-corrected chi connectivity index (χ0v) is 18.8. The first-order chi connectivity index (χ1) is 15.9. The number of rotatable bonds is 10. The lowest BCUT2D eigenvalue weighted by Gasteiger charge is -2.09. The number of carbonyl (C=O) groups is 3. The maximum absolute atomic E-state index is 12.4. The van der Waals surface area contributed by atoms with Gasteiger partial charge >= 0.3 is 5.97 Å². The van der Waals surface area contributed by atoms with Crippen molar-refractivity contribution in [2.45, 2.75) is 25.2 Å². The largest absolute Gasteiger partial charge is 0.478 e. The number of thioether (sulfide) groups is 1. The number of hydrogen-bond donors (Lipinski definition) is 3. The van der Waals surface area contributed by atoms with Crippen LogP contribution in [0.15, 0.2) is 66.3 Å². The first-order valence-electron chi connectivity index (χ1n) is 10.0. The highest BCUT2D eigenvalue weighted by Gasteiger charge is 2.15. The summed E-state index contributed by atoms with van der Waals surface area (Å²) in [5, 5.41) is 23.4. The van der Waals surface area contributed by atoms with Crippen molar-refractivity contribution in [2.75, 3.05) is 11.1 Å². The quantitative estimate of drug-likeness (QED) is 0.310. The molecular weight excluding hydrogens is 442 g/mol. The van der Waals surface area contributed by atoms with E-state index < -0.39 is 5.97 Å². The minimum absolute atomic E-state index is 0.0439. The lowest BCUT2D eigenvalue weighted by atomic mass is 10.1. The number of allylic oxidation sites excluding steroid dienone is 1. The second-order valence-corrected chi connectivity index (χ2v) is 8.02. The lowest BCUT2D eigenvalue weighted by molar-refractivity contribution is -0.113. The van der Waals surface area contributed by atoms with Gasteiger partial charge in [-0.2, -0.15) is 0 Å². The van der Waals surface area contributed by atoms with Gasteiger partial charge in [-0.25, -0.2) is 4.79 Å². The Morgan fingerprint density at radius 2 is 1.88 bits per heavy atom. The molecule has 1 aromatic heterocycles. The predicted octanol–water partition coefficient (Wildman–Crippen LogP) is 3.13. The van der Waals surface area contributed by atoms with Crippen molar-refractivity contribution in [3.63, 3.8) is 0 Å². The number of aryl methyl sites for hydroxylation is 1. The fourth-order valence-electron chi connectivity index (χ4n) is 2.97. The Labute approximate surface area is 194 Å². The van der Waals surface area contributed by atoms with Crippen molar-refractivity contribution >= 4 is 35.2 Å². The van der Waals surface area contributed by atoms with Gasteiger partial charge in [0.15, 0.2) is 11.0 Å². The number of aromatic carboxylic acids is 1. The van der Waals surface area contributed by atoms with Gasteiger partial charge in [0.05, 0.1) is 17.9 Å². The van der Waals surface area contributed by atoms with Crippen molar-refractivity contribution in [3.8, 4) is 0 Å². The Morgan fingerprint density at radius 1 is 1.12 bits per heavy atom. The molecule has 0 aliphatic rings. The molecule has 0 saturated heterocycles. The molecule has 33 heavy (non-hydrogen) atoms. The number of carbonyl (C=O) groups excluding carboxylic acids is 2. The fourth-order valence-corrected chi connectivity index (χ4v) is 3.74. The third kappa shape index (κ3) is 6.53. The van der Waals surface area contributed by atoms with Crippen molar-refractivity contribution in [1.29, 1.82) is 0 Å². The molecule has 0 aliphatic carbocycles. The normalized spacial score (nSPS) is 10.5. The Morgan fingerprint density at radius 3 is 2.61 bits per heavy atom. The second-order valence-electron chi connectivity index (χ2n) is 7.07. The Balaban J connectivity index is 1.61. The number of hydrogen-bond acceptors (Lipinski definition) is 6. The number of aromatic nitrogens is 3. The van der Waals surface area contributed by atoms with Crippen molar-refractivity contribution in [2.24, 2.45) is 0 Å². The van der Waals surface area contributed by atoms with Gasteiger partial charge in [-0.1, -0.05) is 41.6 Å². The second kappa shape index (κ2) is 11.1. The highest BCUT2D eigenvalue weighted by atomic mass is 32.2. The van der Waals surface area contributed by atoms with Crippen LogP contribution in [0.25, 0.3) is 0 Å². The molecule has 2 amide bonds. The third-order valence-electron chi connectivity index (χ3n) is 4.52. The van der Waals surface area contributed by atoms with E-state index in [9.17, 15) is 14.4 Å². The van der Waals surface area contributed by atoms with Crippen LogP contribution in [-0.4, -0.2) is 43.4 Å². The Hall–Kier alpha value is -3.92. The van der Waals surface area contributed by atoms with Crippen molar-refractivity contribution < 1.29 is 19.5 Å². The van der Waals surface area contributed by atoms with Gasteiger partial charge in [0.25, 0.3) is 5.91 Å². The fraction of sp³-hybridized carbons (Fsp3) is 0.174. The van der Waals surface area contributed by atoms with E-state index in [1.54, 1.807) is 34.9 Å². The molecule has 3 N–H and O–H groups in total. The van der Waals surface area contributed by atoms with Crippen LogP contribution in [0.5, 0.6) is 0 Å². The summed E-state index contributed by atoms with van der Waals surface area (Å²) in [6.07, 6.45) is 1.68. The van der Waals surface area contributed by atoms with Crippen LogP contribution in [0.1, 0.15) is 32.1 Å². The standard InChI is InChI=1S/C23H23N5O4S/c1-3-10-28-19(13-24-21(30)16-7-4-6-15(2)11-16)26-27-23(28)33-14-20(29)25-18-9-5-8-17(12-18)22(31)32/h3-9,11-12H,1,10,13-14H2,2H3,(H,24,30)(H,25,29)(H,31,32). The van der Waals surface area contributed by atoms with Gasteiger partial charge in [-0.05, 0) is 37.3 Å². The van der Waals surface area contributed by atoms with Crippen LogP contribution in [0.2, 0.25) is 0 Å². The molecule has 1 heterocycles. The molecule has 0 aliphatic heterocycles. The lowest BCUT2D eigenvalue weighted by Crippen LogP contribution is -2.25. The summed E-state index contributed by atoms with van der Waals surface area (Å²) in [5.41, 5.74) is 2.03. The molecule has 2 aromatic carbocycles. The molecular formula is C23H23N5O4S. The molecule has 0 saturated carbocycles. The molecule has 0 spiro atoms. The smallest absolute Gasteiger partial charge is 0.335 e. The first kappa shape index (κ1) is 23.7. The highest BCUT2D eigenvalue weighted by molar-refractivity contribution is 7.99. The number of amides is 2. The van der Waals surface area contributed by atoms with E-state index in [1.165, 1.54) is 23.9 Å². The van der Waals surface area contributed by atoms with E-state index in [-0.39, 0.29) is 29.7 Å². The van der Waals surface area contributed by atoms with Gasteiger partial charge < -0.3 is 20.3 Å². The van der Waals surface area contributed by atoms with Gasteiger partial charge in [-0.3, -0.25) is 9.59 Å². The molecule has 10 heteroatoms. The monoisotopic (exact) mass is 465 g/mol. The van der Waals surface area contributed by atoms with Crippen LogP contribution in [0.3, 0.4) is 0 Å². The zero-order valence-electron chi connectivity index (χ0n) is 17.9. The zero-order chi connectivity index (χ0) is 23.8. The number of nitrogens with one attached hydrogen (secondary N) is 2. The summed E-state index contributed by atoms with van der Waals surface area (Å²) in [6, 6.07) is 13.3. The number of carboxylic acids is 1. The molecule has 0 fully saturated rings. The minimum Gasteiger partial charge on any atom is -0.478 e. The summed E-state index contributed by atoms with van der Waals surface area (Å²) in [7, 11) is 0. The molecule has 3 rings (SSSR count). The van der Waals surface area contributed by atoms with Gasteiger partial charge in [0, 0.05) is 17.8 Å². The van der Waals surface area contributed by atoms with Crippen molar-refractivity contribution in [1.82, 2.24) is 20.1 Å². The summed E-state index contributed by atoms with van der Waals surface area (Å²) in [4.78, 5) is 35.8. The van der Waals surface area contributed by atoms with Crippen LogP contribution in [0.4, 0.5) is 5.69 Å². The number of anilines is 1. The number of nitrogens with zero attached hydrogens (tertiary/aromatic N) is 3. The van der Waals surface area contributed by atoms with Crippen molar-refractivity contribution in [3.05, 3.63) is 83.7 Å². The number of benzene rings is 2. The molecule has 170 valence electrons. The molecule has 0 unspecified atom stereocenters. The van der Waals surface area contributed by atoms with Crippen LogP contribution in [-0.2, 0) is 17.9 Å². The van der Waals surface area contributed by atoms with Gasteiger partial charge in [0.1, 0.15) is 0 Å².